The lowest BCUT2D eigenvalue weighted by molar-refractivity contribution is -0.121. The minimum absolute atomic E-state index is 0.0138. The van der Waals surface area contributed by atoms with Gasteiger partial charge >= 0.3 is 6.03 Å². The Hall–Kier alpha value is -2.08. The van der Waals surface area contributed by atoms with E-state index in [2.05, 4.69) is 16.0 Å². The molecular formula is C14H20N4O2. The third kappa shape index (κ3) is 4.89. The Morgan fingerprint density at radius 2 is 1.90 bits per heavy atom. The van der Waals surface area contributed by atoms with Gasteiger partial charge in [-0.2, -0.15) is 0 Å². The molecule has 0 aromatic heterocycles. The number of hydrogen-bond donors (Lipinski definition) is 4. The fourth-order valence-corrected chi connectivity index (χ4v) is 1.72. The SMILES string of the molecule is NCc1ccc(NC(=O)NCCC(=O)NC2CC2)cc1. The molecule has 6 heteroatoms. The van der Waals surface area contributed by atoms with E-state index in [1.807, 2.05) is 12.1 Å². The molecule has 0 heterocycles. The Morgan fingerprint density at radius 3 is 2.50 bits per heavy atom. The predicted octanol–water partition coefficient (Wildman–Crippen LogP) is 0.935. The van der Waals surface area contributed by atoms with Gasteiger partial charge in [0, 0.05) is 31.2 Å². The average Bonchev–Trinajstić information content (AvgIpc) is 3.23. The summed E-state index contributed by atoms with van der Waals surface area (Å²) in [4.78, 5) is 23.0. The number of benzene rings is 1. The molecule has 3 amide bonds. The highest BCUT2D eigenvalue weighted by atomic mass is 16.2. The molecule has 1 saturated carbocycles. The summed E-state index contributed by atoms with van der Waals surface area (Å²) in [5, 5.41) is 8.21. The van der Waals surface area contributed by atoms with Crippen molar-refractivity contribution >= 4 is 17.6 Å². The number of hydrogen-bond acceptors (Lipinski definition) is 3. The first kappa shape index (κ1) is 14.3. The molecular weight excluding hydrogens is 256 g/mol. The Morgan fingerprint density at radius 1 is 1.20 bits per heavy atom. The quantitative estimate of drug-likeness (QED) is 0.622. The topological polar surface area (TPSA) is 96.2 Å². The van der Waals surface area contributed by atoms with Crippen LogP contribution in [0.3, 0.4) is 0 Å². The molecule has 5 N–H and O–H groups in total. The van der Waals surface area contributed by atoms with Crippen molar-refractivity contribution < 1.29 is 9.59 Å². The summed E-state index contributed by atoms with van der Waals surface area (Å²) < 4.78 is 0. The van der Waals surface area contributed by atoms with E-state index in [-0.39, 0.29) is 11.9 Å². The minimum Gasteiger partial charge on any atom is -0.353 e. The number of amides is 3. The van der Waals surface area contributed by atoms with Gasteiger partial charge in [-0.3, -0.25) is 4.79 Å². The van der Waals surface area contributed by atoms with Crippen molar-refractivity contribution in [2.24, 2.45) is 5.73 Å². The van der Waals surface area contributed by atoms with Gasteiger partial charge in [-0.25, -0.2) is 4.79 Å². The monoisotopic (exact) mass is 276 g/mol. The Balaban J connectivity index is 1.64. The minimum atomic E-state index is -0.315. The van der Waals surface area contributed by atoms with E-state index in [0.717, 1.165) is 18.4 Å². The van der Waals surface area contributed by atoms with Crippen LogP contribution in [0, 0.1) is 0 Å². The number of anilines is 1. The number of carbonyl (C=O) groups excluding carboxylic acids is 2. The van der Waals surface area contributed by atoms with Crippen LogP contribution in [0.25, 0.3) is 0 Å². The van der Waals surface area contributed by atoms with Gasteiger partial charge in [-0.05, 0) is 30.5 Å². The second-order valence-corrected chi connectivity index (χ2v) is 4.87. The first-order valence-corrected chi connectivity index (χ1v) is 6.80. The van der Waals surface area contributed by atoms with E-state index in [4.69, 9.17) is 5.73 Å². The second-order valence-electron chi connectivity index (χ2n) is 4.87. The van der Waals surface area contributed by atoms with E-state index < -0.39 is 0 Å². The molecule has 0 bridgehead atoms. The summed E-state index contributed by atoms with van der Waals surface area (Å²) >= 11 is 0. The molecule has 0 spiro atoms. The maximum Gasteiger partial charge on any atom is 0.319 e. The summed E-state index contributed by atoms with van der Waals surface area (Å²) in [5.41, 5.74) is 7.20. The van der Waals surface area contributed by atoms with Gasteiger partial charge in [-0.15, -0.1) is 0 Å². The van der Waals surface area contributed by atoms with Crippen LogP contribution in [-0.2, 0) is 11.3 Å². The van der Waals surface area contributed by atoms with E-state index in [9.17, 15) is 9.59 Å². The summed E-state index contributed by atoms with van der Waals surface area (Å²) in [5.74, 6) is -0.0138. The summed E-state index contributed by atoms with van der Waals surface area (Å²) in [7, 11) is 0. The van der Waals surface area contributed by atoms with Gasteiger partial charge in [0.15, 0.2) is 0 Å². The third-order valence-corrected chi connectivity index (χ3v) is 3.03. The summed E-state index contributed by atoms with van der Waals surface area (Å²) in [6.07, 6.45) is 2.44. The normalized spacial score (nSPS) is 13.7. The van der Waals surface area contributed by atoms with Crippen LogP contribution in [0.2, 0.25) is 0 Å². The fourth-order valence-electron chi connectivity index (χ4n) is 1.72. The van der Waals surface area contributed by atoms with Gasteiger partial charge in [-0.1, -0.05) is 12.1 Å². The highest BCUT2D eigenvalue weighted by Crippen LogP contribution is 2.18. The van der Waals surface area contributed by atoms with Gasteiger partial charge in [0.05, 0.1) is 0 Å². The molecule has 6 nitrogen and oxygen atoms in total. The summed E-state index contributed by atoms with van der Waals surface area (Å²) in [6, 6.07) is 7.35. The van der Waals surface area contributed by atoms with Gasteiger partial charge < -0.3 is 21.7 Å². The second kappa shape index (κ2) is 6.91. The highest BCUT2D eigenvalue weighted by Gasteiger charge is 2.22. The van der Waals surface area contributed by atoms with Crippen molar-refractivity contribution in [3.05, 3.63) is 29.8 Å². The largest absolute Gasteiger partial charge is 0.353 e. The Kier molecular flexibility index (Phi) is 4.95. The molecule has 1 aromatic rings. The molecule has 0 atom stereocenters. The zero-order valence-corrected chi connectivity index (χ0v) is 11.3. The van der Waals surface area contributed by atoms with Gasteiger partial charge in [0.1, 0.15) is 0 Å². The van der Waals surface area contributed by atoms with Crippen molar-refractivity contribution in [3.63, 3.8) is 0 Å². The van der Waals surface area contributed by atoms with Crippen molar-refractivity contribution in [2.75, 3.05) is 11.9 Å². The van der Waals surface area contributed by atoms with E-state index in [0.29, 0.717) is 31.2 Å². The fraction of sp³-hybridized carbons (Fsp3) is 0.429. The van der Waals surface area contributed by atoms with Crippen molar-refractivity contribution in [3.8, 4) is 0 Å². The molecule has 1 aliphatic carbocycles. The molecule has 1 aromatic carbocycles. The van der Waals surface area contributed by atoms with Crippen LogP contribution in [0.4, 0.5) is 10.5 Å². The van der Waals surface area contributed by atoms with E-state index >= 15 is 0 Å². The Bertz CT molecular complexity index is 469. The van der Waals surface area contributed by atoms with Crippen molar-refractivity contribution in [1.29, 1.82) is 0 Å². The van der Waals surface area contributed by atoms with Gasteiger partial charge in [0.2, 0.25) is 5.91 Å². The lowest BCUT2D eigenvalue weighted by Crippen LogP contribution is -2.33. The maximum atomic E-state index is 11.6. The zero-order chi connectivity index (χ0) is 14.4. The van der Waals surface area contributed by atoms with Crippen molar-refractivity contribution in [2.45, 2.75) is 31.8 Å². The first-order valence-electron chi connectivity index (χ1n) is 6.80. The Labute approximate surface area is 118 Å². The van der Waals surface area contributed by atoms with Crippen LogP contribution in [-0.4, -0.2) is 24.5 Å². The highest BCUT2D eigenvalue weighted by molar-refractivity contribution is 5.89. The molecule has 0 saturated heterocycles. The standard InChI is InChI=1S/C14H20N4O2/c15-9-10-1-3-12(4-2-10)18-14(20)16-8-7-13(19)17-11-5-6-11/h1-4,11H,5-9,15H2,(H,17,19)(H2,16,18,20). The molecule has 108 valence electrons. The number of nitrogens with one attached hydrogen (secondary N) is 3. The smallest absolute Gasteiger partial charge is 0.319 e. The third-order valence-electron chi connectivity index (χ3n) is 3.03. The van der Waals surface area contributed by atoms with Crippen LogP contribution in [0.15, 0.2) is 24.3 Å². The number of carbonyl (C=O) groups is 2. The molecule has 2 rings (SSSR count). The number of urea groups is 1. The first-order chi connectivity index (χ1) is 9.67. The predicted molar refractivity (Wildman–Crippen MR) is 77.1 cm³/mol. The molecule has 0 aliphatic heterocycles. The molecule has 0 unspecified atom stereocenters. The number of rotatable bonds is 6. The van der Waals surface area contributed by atoms with E-state index in [1.165, 1.54) is 0 Å². The van der Waals surface area contributed by atoms with Crippen LogP contribution >= 0.6 is 0 Å². The van der Waals surface area contributed by atoms with Gasteiger partial charge in [0.25, 0.3) is 0 Å². The van der Waals surface area contributed by atoms with Crippen LogP contribution < -0.4 is 21.7 Å². The maximum absolute atomic E-state index is 11.6. The lowest BCUT2D eigenvalue weighted by atomic mass is 10.2. The summed E-state index contributed by atoms with van der Waals surface area (Å²) in [6.45, 7) is 0.799. The average molecular weight is 276 g/mol. The molecule has 1 aliphatic rings. The van der Waals surface area contributed by atoms with Crippen molar-refractivity contribution in [1.82, 2.24) is 10.6 Å². The van der Waals surface area contributed by atoms with Crippen LogP contribution in [0.5, 0.6) is 0 Å². The molecule has 1 fully saturated rings. The molecule has 20 heavy (non-hydrogen) atoms. The number of nitrogens with two attached hydrogens (primary N) is 1. The van der Waals surface area contributed by atoms with Crippen LogP contribution in [0.1, 0.15) is 24.8 Å². The lowest BCUT2D eigenvalue weighted by Gasteiger charge is -2.08. The zero-order valence-electron chi connectivity index (χ0n) is 11.3. The molecule has 0 radical (unpaired) electrons. The van der Waals surface area contributed by atoms with E-state index in [1.54, 1.807) is 12.1 Å².